The second-order valence-electron chi connectivity index (χ2n) is 4.12. The van der Waals surface area contributed by atoms with Crippen LogP contribution in [0.5, 0.6) is 5.75 Å². The highest BCUT2D eigenvalue weighted by molar-refractivity contribution is 5.94. The highest BCUT2D eigenvalue weighted by atomic mass is 16.5. The Hall–Kier alpha value is -1.81. The molecule has 1 amide bonds. The highest BCUT2D eigenvalue weighted by Crippen LogP contribution is 2.14. The smallest absolute Gasteiger partial charge is 0.253 e. The lowest BCUT2D eigenvalue weighted by molar-refractivity contribution is 0.0748. The summed E-state index contributed by atoms with van der Waals surface area (Å²) in [5, 5.41) is 0. The van der Waals surface area contributed by atoms with Crippen molar-refractivity contribution < 1.29 is 9.53 Å². The lowest BCUT2D eigenvalue weighted by atomic mass is 10.1. The second-order valence-corrected chi connectivity index (χ2v) is 4.12. The van der Waals surface area contributed by atoms with Crippen molar-refractivity contribution >= 4 is 5.91 Å². The molecule has 0 heterocycles. The maximum absolute atomic E-state index is 12.1. The van der Waals surface area contributed by atoms with Gasteiger partial charge in [-0.05, 0) is 31.2 Å². The molecule has 0 aliphatic carbocycles. The minimum Gasteiger partial charge on any atom is -0.490 e. The molecule has 0 fully saturated rings. The predicted molar refractivity (Wildman–Crippen MR) is 72.7 cm³/mol. The van der Waals surface area contributed by atoms with Crippen LogP contribution >= 0.6 is 0 Å². The molecule has 1 unspecified atom stereocenters. The molecule has 1 aromatic carbocycles. The van der Waals surface area contributed by atoms with Crippen LogP contribution in [0, 0.1) is 0 Å². The normalized spacial score (nSPS) is 11.7. The topological polar surface area (TPSA) is 55.6 Å². The average molecular weight is 248 g/mol. The molecule has 18 heavy (non-hydrogen) atoms. The summed E-state index contributed by atoms with van der Waals surface area (Å²) in [6.07, 6.45) is 1.68. The number of ether oxygens (including phenoxy) is 1. The molecule has 0 aliphatic rings. The Bertz CT molecular complexity index is 401. The highest BCUT2D eigenvalue weighted by Gasteiger charge is 2.16. The van der Waals surface area contributed by atoms with Crippen molar-refractivity contribution in [3.05, 3.63) is 42.5 Å². The minimum absolute atomic E-state index is 0.0224. The number of hydrogen-bond acceptors (Lipinski definition) is 3. The quantitative estimate of drug-likeness (QED) is 0.779. The summed E-state index contributed by atoms with van der Waals surface area (Å²) in [5.41, 5.74) is 6.17. The summed E-state index contributed by atoms with van der Waals surface area (Å²) >= 11 is 0. The van der Waals surface area contributed by atoms with Crippen LogP contribution in [0.15, 0.2) is 36.9 Å². The van der Waals surface area contributed by atoms with E-state index >= 15 is 0 Å². The van der Waals surface area contributed by atoms with E-state index in [1.165, 1.54) is 0 Å². The van der Waals surface area contributed by atoms with E-state index in [4.69, 9.17) is 10.5 Å². The third-order valence-corrected chi connectivity index (χ3v) is 2.79. The van der Waals surface area contributed by atoms with E-state index in [-0.39, 0.29) is 11.9 Å². The van der Waals surface area contributed by atoms with Crippen molar-refractivity contribution in [1.82, 2.24) is 4.90 Å². The monoisotopic (exact) mass is 248 g/mol. The van der Waals surface area contributed by atoms with Crippen LogP contribution in [0.1, 0.15) is 17.3 Å². The summed E-state index contributed by atoms with van der Waals surface area (Å²) < 4.78 is 5.36. The predicted octanol–water partition coefficient (Wildman–Crippen LogP) is 1.67. The second kappa shape index (κ2) is 6.81. The van der Waals surface area contributed by atoms with Crippen molar-refractivity contribution in [2.75, 3.05) is 20.2 Å². The summed E-state index contributed by atoms with van der Waals surface area (Å²) in [5.74, 6) is 0.684. The molecular weight excluding hydrogens is 228 g/mol. The van der Waals surface area contributed by atoms with Gasteiger partial charge in [-0.1, -0.05) is 12.7 Å². The zero-order valence-corrected chi connectivity index (χ0v) is 10.9. The molecule has 0 spiro atoms. The Labute approximate surface area is 108 Å². The Morgan fingerprint density at radius 1 is 1.50 bits per heavy atom. The third kappa shape index (κ3) is 3.60. The molecule has 0 aromatic heterocycles. The van der Waals surface area contributed by atoms with E-state index in [0.717, 1.165) is 5.75 Å². The summed E-state index contributed by atoms with van der Waals surface area (Å²) in [6, 6.07) is 7.07. The zero-order valence-electron chi connectivity index (χ0n) is 10.9. The van der Waals surface area contributed by atoms with Crippen molar-refractivity contribution in [3.63, 3.8) is 0 Å². The first-order valence-corrected chi connectivity index (χ1v) is 5.91. The van der Waals surface area contributed by atoms with Gasteiger partial charge in [-0.3, -0.25) is 4.79 Å². The van der Waals surface area contributed by atoms with Crippen LogP contribution < -0.4 is 10.5 Å². The Morgan fingerprint density at radius 2 is 2.11 bits per heavy atom. The average Bonchev–Trinajstić information content (AvgIpc) is 2.43. The van der Waals surface area contributed by atoms with Crippen molar-refractivity contribution in [1.29, 1.82) is 0 Å². The van der Waals surface area contributed by atoms with Crippen molar-refractivity contribution in [3.8, 4) is 5.75 Å². The number of carbonyl (C=O) groups excluding carboxylic acids is 1. The van der Waals surface area contributed by atoms with Gasteiger partial charge in [0, 0.05) is 25.2 Å². The number of nitrogens with zero attached hydrogens (tertiary/aromatic N) is 1. The van der Waals surface area contributed by atoms with Crippen molar-refractivity contribution in [2.24, 2.45) is 5.73 Å². The molecule has 4 nitrogen and oxygen atoms in total. The molecule has 0 aliphatic heterocycles. The Morgan fingerprint density at radius 3 is 2.61 bits per heavy atom. The number of hydrogen-bond donors (Lipinski definition) is 1. The Balaban J connectivity index is 2.72. The van der Waals surface area contributed by atoms with Gasteiger partial charge < -0.3 is 15.4 Å². The molecule has 0 radical (unpaired) electrons. The maximum atomic E-state index is 12.1. The van der Waals surface area contributed by atoms with Gasteiger partial charge in [-0.2, -0.15) is 0 Å². The molecule has 4 heteroatoms. The minimum atomic E-state index is -0.0387. The summed E-state index contributed by atoms with van der Waals surface area (Å²) in [4.78, 5) is 13.7. The van der Waals surface area contributed by atoms with Gasteiger partial charge in [-0.15, -0.1) is 0 Å². The van der Waals surface area contributed by atoms with Gasteiger partial charge >= 0.3 is 0 Å². The van der Waals surface area contributed by atoms with Crippen LogP contribution in [-0.4, -0.2) is 37.0 Å². The maximum Gasteiger partial charge on any atom is 0.253 e. The molecule has 1 aromatic rings. The molecule has 98 valence electrons. The number of nitrogens with two attached hydrogens (primary N) is 1. The summed E-state index contributed by atoms with van der Waals surface area (Å²) in [7, 11) is 1.75. The van der Waals surface area contributed by atoms with Crippen LogP contribution in [-0.2, 0) is 0 Å². The fraction of sp³-hybridized carbons (Fsp3) is 0.357. The zero-order chi connectivity index (χ0) is 13.5. The van der Waals surface area contributed by atoms with Gasteiger partial charge in [0.15, 0.2) is 0 Å². The van der Waals surface area contributed by atoms with Crippen LogP contribution in [0.4, 0.5) is 0 Å². The summed E-state index contributed by atoms with van der Waals surface area (Å²) in [6.45, 7) is 6.39. The van der Waals surface area contributed by atoms with Crippen LogP contribution in [0.3, 0.4) is 0 Å². The first-order chi connectivity index (χ1) is 8.60. The van der Waals surface area contributed by atoms with Crippen LogP contribution in [0.2, 0.25) is 0 Å². The number of benzene rings is 1. The number of likely N-dealkylation sites (N-methyl/N-ethyl adjacent to an activating group) is 1. The largest absolute Gasteiger partial charge is 0.490 e. The van der Waals surface area contributed by atoms with Gasteiger partial charge in [0.05, 0.1) is 0 Å². The van der Waals surface area contributed by atoms with Crippen molar-refractivity contribution in [2.45, 2.75) is 13.0 Å². The molecule has 0 saturated heterocycles. The van der Waals surface area contributed by atoms with Gasteiger partial charge in [-0.25, -0.2) is 0 Å². The lowest BCUT2D eigenvalue weighted by Gasteiger charge is -2.23. The number of carbonyl (C=O) groups is 1. The van der Waals surface area contributed by atoms with E-state index in [1.807, 2.05) is 6.92 Å². The fourth-order valence-corrected chi connectivity index (χ4v) is 1.41. The molecule has 1 atom stereocenters. The van der Waals surface area contributed by atoms with Crippen LogP contribution in [0.25, 0.3) is 0 Å². The molecule has 1 rings (SSSR count). The van der Waals surface area contributed by atoms with Gasteiger partial charge in [0.25, 0.3) is 5.91 Å². The molecule has 0 bridgehead atoms. The molecule has 2 N–H and O–H groups in total. The standard InChI is InChI=1S/C14H20N2O2/c1-4-9-18-13-7-5-12(6-8-13)14(17)16(3)11(2)10-15/h4-8,11H,1,9-10,15H2,2-3H3. The Kier molecular flexibility index (Phi) is 5.39. The molecular formula is C14H20N2O2. The number of rotatable bonds is 6. The van der Waals surface area contributed by atoms with Gasteiger partial charge in [0.1, 0.15) is 12.4 Å². The molecule has 0 saturated carbocycles. The number of amides is 1. The van der Waals surface area contributed by atoms with E-state index in [0.29, 0.717) is 18.7 Å². The fourth-order valence-electron chi connectivity index (χ4n) is 1.41. The van der Waals surface area contributed by atoms with E-state index < -0.39 is 0 Å². The third-order valence-electron chi connectivity index (χ3n) is 2.79. The van der Waals surface area contributed by atoms with E-state index in [9.17, 15) is 4.79 Å². The van der Waals surface area contributed by atoms with E-state index in [2.05, 4.69) is 6.58 Å². The van der Waals surface area contributed by atoms with E-state index in [1.54, 1.807) is 42.3 Å². The lowest BCUT2D eigenvalue weighted by Crippen LogP contribution is -2.39. The first kappa shape index (κ1) is 14.3. The first-order valence-electron chi connectivity index (χ1n) is 5.91. The van der Waals surface area contributed by atoms with Gasteiger partial charge in [0.2, 0.25) is 0 Å². The SMILES string of the molecule is C=CCOc1ccc(C(=O)N(C)C(C)CN)cc1.